The smallest absolute Gasteiger partial charge is 0.141 e. The fraction of sp³-hybridized carbons (Fsp3) is 0.571. The van der Waals surface area contributed by atoms with E-state index in [1.807, 2.05) is 0 Å². The standard InChI is InChI=1S/C14H16Cl3NO/c15-8-4-12(16)14(17)13(5-8)19-11-6-9-2-1-3-10(7-11)18-9/h4-5,9-11,18H,1-3,6-7H2/t9-,10+,11?. The van der Waals surface area contributed by atoms with Gasteiger partial charge < -0.3 is 10.1 Å². The van der Waals surface area contributed by atoms with Crippen LogP contribution in [0.5, 0.6) is 5.75 Å². The number of halogens is 3. The summed E-state index contributed by atoms with van der Waals surface area (Å²) in [6, 6.07) is 4.53. The van der Waals surface area contributed by atoms with Crippen LogP contribution >= 0.6 is 34.8 Å². The summed E-state index contributed by atoms with van der Waals surface area (Å²) in [7, 11) is 0. The molecule has 0 spiro atoms. The first kappa shape index (κ1) is 13.8. The van der Waals surface area contributed by atoms with E-state index in [2.05, 4.69) is 5.32 Å². The van der Waals surface area contributed by atoms with Crippen molar-refractivity contribution in [3.05, 3.63) is 27.2 Å². The summed E-state index contributed by atoms with van der Waals surface area (Å²) in [5.41, 5.74) is 0. The minimum atomic E-state index is 0.198. The molecule has 0 radical (unpaired) electrons. The predicted octanol–water partition coefficient (Wildman–Crippen LogP) is 4.70. The molecule has 0 aliphatic carbocycles. The molecule has 2 aliphatic heterocycles. The van der Waals surface area contributed by atoms with E-state index in [-0.39, 0.29) is 6.10 Å². The van der Waals surface area contributed by atoms with Gasteiger partial charge in [-0.1, -0.05) is 41.2 Å². The van der Waals surface area contributed by atoms with Crippen LogP contribution in [0.15, 0.2) is 12.1 Å². The van der Waals surface area contributed by atoms with Gasteiger partial charge in [-0.25, -0.2) is 0 Å². The van der Waals surface area contributed by atoms with E-state index in [0.717, 1.165) is 12.8 Å². The van der Waals surface area contributed by atoms with Gasteiger partial charge >= 0.3 is 0 Å². The number of hydrogen-bond acceptors (Lipinski definition) is 2. The summed E-state index contributed by atoms with van der Waals surface area (Å²) in [6.45, 7) is 0. The summed E-state index contributed by atoms with van der Waals surface area (Å²) in [6.07, 6.45) is 6.04. The molecule has 2 nitrogen and oxygen atoms in total. The molecule has 0 saturated carbocycles. The van der Waals surface area contributed by atoms with Crippen LogP contribution in [0.1, 0.15) is 32.1 Å². The lowest BCUT2D eigenvalue weighted by Crippen LogP contribution is -2.51. The van der Waals surface area contributed by atoms with Crippen molar-refractivity contribution < 1.29 is 4.74 Å². The van der Waals surface area contributed by atoms with Crippen LogP contribution in [0.3, 0.4) is 0 Å². The molecule has 5 heteroatoms. The molecule has 104 valence electrons. The van der Waals surface area contributed by atoms with Gasteiger partial charge in [0.1, 0.15) is 16.9 Å². The molecule has 1 N–H and O–H groups in total. The summed E-state index contributed by atoms with van der Waals surface area (Å²) in [5.74, 6) is 0.601. The number of fused-ring (bicyclic) bond motifs is 2. The molecule has 0 amide bonds. The van der Waals surface area contributed by atoms with E-state index in [0.29, 0.717) is 32.9 Å². The van der Waals surface area contributed by atoms with Gasteiger partial charge in [0.15, 0.2) is 0 Å². The van der Waals surface area contributed by atoms with Crippen molar-refractivity contribution >= 4 is 34.8 Å². The zero-order valence-corrected chi connectivity index (χ0v) is 12.7. The average Bonchev–Trinajstić information content (AvgIpc) is 2.35. The number of benzene rings is 1. The number of ether oxygens (including phenoxy) is 1. The highest BCUT2D eigenvalue weighted by Gasteiger charge is 2.32. The number of nitrogens with one attached hydrogen (secondary N) is 1. The number of rotatable bonds is 2. The molecule has 3 atom stereocenters. The Hall–Kier alpha value is -0.150. The molecule has 1 unspecified atom stereocenters. The summed E-state index contributed by atoms with van der Waals surface area (Å²) in [4.78, 5) is 0. The van der Waals surface area contributed by atoms with Crippen LogP contribution in [0.2, 0.25) is 15.1 Å². The summed E-state index contributed by atoms with van der Waals surface area (Å²) in [5, 5.41) is 5.09. The van der Waals surface area contributed by atoms with Crippen LogP contribution in [0.25, 0.3) is 0 Å². The Labute approximate surface area is 128 Å². The third-order valence-corrected chi connectivity index (χ3v) is 4.93. The number of piperidine rings is 2. The third kappa shape index (κ3) is 3.13. The van der Waals surface area contributed by atoms with Gasteiger partial charge in [-0.3, -0.25) is 0 Å². The van der Waals surface area contributed by atoms with Crippen molar-refractivity contribution in [3.8, 4) is 5.75 Å². The van der Waals surface area contributed by atoms with Gasteiger partial charge in [-0.05, 0) is 31.7 Å². The minimum absolute atomic E-state index is 0.198. The second-order valence-electron chi connectivity index (χ2n) is 5.40. The van der Waals surface area contributed by atoms with Crippen LogP contribution in [-0.2, 0) is 0 Å². The first-order chi connectivity index (χ1) is 9.11. The molecule has 1 aromatic rings. The Kier molecular flexibility index (Phi) is 4.14. The van der Waals surface area contributed by atoms with E-state index in [4.69, 9.17) is 39.5 Å². The molecule has 0 aromatic heterocycles. The van der Waals surface area contributed by atoms with Crippen molar-refractivity contribution in [1.82, 2.24) is 5.32 Å². The topological polar surface area (TPSA) is 21.3 Å². The molecule has 2 aliphatic rings. The largest absolute Gasteiger partial charge is 0.489 e. The Bertz CT molecular complexity index is 468. The molecular formula is C14H16Cl3NO. The first-order valence-electron chi connectivity index (χ1n) is 6.69. The van der Waals surface area contributed by atoms with Crippen molar-refractivity contribution in [2.75, 3.05) is 0 Å². The molecular weight excluding hydrogens is 305 g/mol. The van der Waals surface area contributed by atoms with Crippen LogP contribution < -0.4 is 10.1 Å². The van der Waals surface area contributed by atoms with Crippen LogP contribution in [0, 0.1) is 0 Å². The molecule has 2 bridgehead atoms. The molecule has 3 rings (SSSR count). The SMILES string of the molecule is Clc1cc(Cl)c(Cl)c(OC2C[C@H]3CCC[C@@H](C2)N3)c1. The Morgan fingerprint density at radius 3 is 2.42 bits per heavy atom. The average molecular weight is 321 g/mol. The van der Waals surface area contributed by atoms with Gasteiger partial charge in [-0.2, -0.15) is 0 Å². The second-order valence-corrected chi connectivity index (χ2v) is 6.62. The zero-order valence-electron chi connectivity index (χ0n) is 10.5. The van der Waals surface area contributed by atoms with Gasteiger partial charge in [0, 0.05) is 23.2 Å². The maximum Gasteiger partial charge on any atom is 0.141 e. The summed E-state index contributed by atoms with van der Waals surface area (Å²) >= 11 is 18.2. The fourth-order valence-electron chi connectivity index (χ4n) is 3.11. The molecule has 2 saturated heterocycles. The van der Waals surface area contributed by atoms with Crippen molar-refractivity contribution in [1.29, 1.82) is 0 Å². The lowest BCUT2D eigenvalue weighted by atomic mass is 9.85. The van der Waals surface area contributed by atoms with Crippen molar-refractivity contribution in [2.45, 2.75) is 50.3 Å². The Morgan fingerprint density at radius 1 is 1.05 bits per heavy atom. The highest BCUT2D eigenvalue weighted by Crippen LogP contribution is 2.37. The maximum atomic E-state index is 6.17. The van der Waals surface area contributed by atoms with E-state index in [1.165, 1.54) is 19.3 Å². The van der Waals surface area contributed by atoms with Crippen molar-refractivity contribution in [3.63, 3.8) is 0 Å². The quantitative estimate of drug-likeness (QED) is 0.798. The molecule has 19 heavy (non-hydrogen) atoms. The number of hydrogen-bond donors (Lipinski definition) is 1. The molecule has 1 aromatic carbocycles. The minimum Gasteiger partial charge on any atom is -0.489 e. The van der Waals surface area contributed by atoms with Crippen LogP contribution in [0.4, 0.5) is 0 Å². The second kappa shape index (κ2) is 5.69. The first-order valence-corrected chi connectivity index (χ1v) is 7.82. The Balaban J connectivity index is 1.74. The maximum absolute atomic E-state index is 6.17. The predicted molar refractivity (Wildman–Crippen MR) is 79.7 cm³/mol. The normalized spacial score (nSPS) is 30.2. The fourth-order valence-corrected chi connectivity index (χ4v) is 3.74. The van der Waals surface area contributed by atoms with E-state index in [9.17, 15) is 0 Å². The van der Waals surface area contributed by atoms with Crippen LogP contribution in [-0.4, -0.2) is 18.2 Å². The van der Waals surface area contributed by atoms with Gasteiger partial charge in [0.25, 0.3) is 0 Å². The molecule has 2 fully saturated rings. The monoisotopic (exact) mass is 319 g/mol. The Morgan fingerprint density at radius 2 is 1.74 bits per heavy atom. The van der Waals surface area contributed by atoms with E-state index >= 15 is 0 Å². The summed E-state index contributed by atoms with van der Waals surface area (Å²) < 4.78 is 6.04. The zero-order chi connectivity index (χ0) is 13.4. The van der Waals surface area contributed by atoms with E-state index in [1.54, 1.807) is 12.1 Å². The van der Waals surface area contributed by atoms with E-state index < -0.39 is 0 Å². The lowest BCUT2D eigenvalue weighted by molar-refractivity contribution is 0.0928. The van der Waals surface area contributed by atoms with Crippen molar-refractivity contribution in [2.24, 2.45) is 0 Å². The van der Waals surface area contributed by atoms with Gasteiger partial charge in [0.05, 0.1) is 5.02 Å². The highest BCUT2D eigenvalue weighted by molar-refractivity contribution is 6.44. The van der Waals surface area contributed by atoms with Gasteiger partial charge in [-0.15, -0.1) is 0 Å². The lowest BCUT2D eigenvalue weighted by Gasteiger charge is -2.40. The molecule has 2 heterocycles. The van der Waals surface area contributed by atoms with Gasteiger partial charge in [0.2, 0.25) is 0 Å². The highest BCUT2D eigenvalue weighted by atomic mass is 35.5. The third-order valence-electron chi connectivity index (χ3n) is 3.92.